The topological polar surface area (TPSA) is 67.8 Å². The van der Waals surface area contributed by atoms with E-state index in [0.717, 1.165) is 43.3 Å². The number of aromatic nitrogens is 3. The first-order valence-electron chi connectivity index (χ1n) is 7.93. The molecule has 2 aromatic carbocycles. The molecule has 0 unspecified atom stereocenters. The number of aryl methyl sites for hydroxylation is 3. The van der Waals surface area contributed by atoms with Crippen LogP contribution in [0.2, 0.25) is 0 Å². The van der Waals surface area contributed by atoms with Gasteiger partial charge in [0.25, 0.3) is 5.91 Å². The first-order chi connectivity index (χ1) is 12.0. The summed E-state index contributed by atoms with van der Waals surface area (Å²) in [4.78, 5) is 26.0. The highest BCUT2D eigenvalue weighted by atomic mass is 32.1. The average Bonchev–Trinajstić information content (AvgIpc) is 2.94. The van der Waals surface area contributed by atoms with Crippen LogP contribution in [-0.4, -0.2) is 20.9 Å². The zero-order chi connectivity index (χ0) is 17.6. The van der Waals surface area contributed by atoms with Crippen LogP contribution in [0.1, 0.15) is 26.8 Å². The van der Waals surface area contributed by atoms with E-state index in [0.29, 0.717) is 5.56 Å². The van der Waals surface area contributed by atoms with Crippen molar-refractivity contribution in [2.75, 3.05) is 5.32 Å². The molecule has 1 amide bonds. The number of fused-ring (bicyclic) bond motifs is 2. The Labute approximate surface area is 148 Å². The fourth-order valence-corrected chi connectivity index (χ4v) is 3.56. The number of hydrogen-bond acceptors (Lipinski definition) is 5. The molecule has 0 radical (unpaired) electrons. The number of thiazole rings is 1. The van der Waals surface area contributed by atoms with Crippen molar-refractivity contribution in [3.63, 3.8) is 0 Å². The largest absolute Gasteiger partial charge is 0.322 e. The van der Waals surface area contributed by atoms with Gasteiger partial charge in [0.2, 0.25) is 0 Å². The standard InChI is InChI=1S/C19H16N4OS/c1-10-11(2)21-17-8-13(4-6-15(17)20-10)19(24)23-14-5-7-16-18(9-14)25-12(3)22-16/h4-9H,1-3H3,(H,23,24). The van der Waals surface area contributed by atoms with Gasteiger partial charge in [-0.05, 0) is 57.2 Å². The Morgan fingerprint density at radius 3 is 2.40 bits per heavy atom. The summed E-state index contributed by atoms with van der Waals surface area (Å²) in [6.45, 7) is 5.82. The summed E-state index contributed by atoms with van der Waals surface area (Å²) < 4.78 is 1.06. The van der Waals surface area contributed by atoms with Crippen molar-refractivity contribution >= 4 is 44.2 Å². The summed E-state index contributed by atoms with van der Waals surface area (Å²) in [5.74, 6) is -0.164. The second-order valence-corrected chi connectivity index (χ2v) is 7.20. The van der Waals surface area contributed by atoms with Crippen molar-refractivity contribution in [2.45, 2.75) is 20.8 Å². The average molecular weight is 348 g/mol. The van der Waals surface area contributed by atoms with Gasteiger partial charge in [0.1, 0.15) is 0 Å². The highest BCUT2D eigenvalue weighted by Gasteiger charge is 2.10. The minimum absolute atomic E-state index is 0.164. The van der Waals surface area contributed by atoms with Gasteiger partial charge in [0, 0.05) is 11.3 Å². The van der Waals surface area contributed by atoms with E-state index in [4.69, 9.17) is 0 Å². The number of carbonyl (C=O) groups is 1. The summed E-state index contributed by atoms with van der Waals surface area (Å²) >= 11 is 1.61. The highest BCUT2D eigenvalue weighted by molar-refractivity contribution is 7.18. The van der Waals surface area contributed by atoms with Crippen LogP contribution in [0.25, 0.3) is 21.3 Å². The highest BCUT2D eigenvalue weighted by Crippen LogP contribution is 2.25. The third-order valence-electron chi connectivity index (χ3n) is 4.09. The van der Waals surface area contributed by atoms with Crippen LogP contribution in [0, 0.1) is 20.8 Å². The lowest BCUT2D eigenvalue weighted by atomic mass is 10.1. The van der Waals surface area contributed by atoms with Gasteiger partial charge in [-0.2, -0.15) is 0 Å². The lowest BCUT2D eigenvalue weighted by molar-refractivity contribution is 0.102. The Hall–Kier alpha value is -2.86. The van der Waals surface area contributed by atoms with Crippen LogP contribution in [0.15, 0.2) is 36.4 Å². The van der Waals surface area contributed by atoms with E-state index in [9.17, 15) is 4.79 Å². The minimum atomic E-state index is -0.164. The molecule has 0 aliphatic heterocycles. The summed E-state index contributed by atoms with van der Waals surface area (Å²) in [5.41, 5.74) is 5.56. The smallest absolute Gasteiger partial charge is 0.255 e. The first-order valence-corrected chi connectivity index (χ1v) is 8.75. The Morgan fingerprint density at radius 1 is 0.880 bits per heavy atom. The van der Waals surface area contributed by atoms with Crippen molar-refractivity contribution in [1.29, 1.82) is 0 Å². The molecular weight excluding hydrogens is 332 g/mol. The van der Waals surface area contributed by atoms with E-state index in [1.54, 1.807) is 23.5 Å². The summed E-state index contributed by atoms with van der Waals surface area (Å²) in [6, 6.07) is 11.1. The molecule has 0 saturated carbocycles. The fourth-order valence-electron chi connectivity index (χ4n) is 2.69. The second kappa shape index (κ2) is 5.89. The molecule has 25 heavy (non-hydrogen) atoms. The van der Waals surface area contributed by atoms with Crippen LogP contribution >= 0.6 is 11.3 Å². The zero-order valence-corrected chi connectivity index (χ0v) is 14.9. The normalized spacial score (nSPS) is 11.2. The molecule has 0 saturated heterocycles. The van der Waals surface area contributed by atoms with Crippen LogP contribution in [0.5, 0.6) is 0 Å². The van der Waals surface area contributed by atoms with Crippen LogP contribution in [0.3, 0.4) is 0 Å². The SMILES string of the molecule is Cc1nc2ccc(NC(=O)c3ccc4nc(C)c(C)nc4c3)cc2s1. The molecule has 4 aromatic rings. The van der Waals surface area contributed by atoms with Gasteiger partial charge in [0.05, 0.1) is 37.6 Å². The lowest BCUT2D eigenvalue weighted by Crippen LogP contribution is -2.12. The molecule has 1 N–H and O–H groups in total. The lowest BCUT2D eigenvalue weighted by Gasteiger charge is -2.07. The van der Waals surface area contributed by atoms with Crippen molar-refractivity contribution in [3.8, 4) is 0 Å². The Bertz CT molecular complexity index is 1130. The van der Waals surface area contributed by atoms with Gasteiger partial charge < -0.3 is 5.32 Å². The van der Waals surface area contributed by atoms with E-state index in [-0.39, 0.29) is 5.91 Å². The molecule has 0 aliphatic rings. The Morgan fingerprint density at radius 2 is 1.60 bits per heavy atom. The molecule has 2 aromatic heterocycles. The molecule has 4 rings (SSSR count). The van der Waals surface area contributed by atoms with Gasteiger partial charge in [0.15, 0.2) is 0 Å². The van der Waals surface area contributed by atoms with Crippen LogP contribution in [-0.2, 0) is 0 Å². The van der Waals surface area contributed by atoms with Crippen LogP contribution in [0.4, 0.5) is 5.69 Å². The molecule has 0 fully saturated rings. The molecule has 6 heteroatoms. The van der Waals surface area contributed by atoms with Gasteiger partial charge in [-0.25, -0.2) is 15.0 Å². The molecule has 5 nitrogen and oxygen atoms in total. The van der Waals surface area contributed by atoms with E-state index in [1.165, 1.54) is 0 Å². The molecule has 0 aliphatic carbocycles. The quantitative estimate of drug-likeness (QED) is 0.582. The monoisotopic (exact) mass is 348 g/mol. The predicted molar refractivity (Wildman–Crippen MR) is 101 cm³/mol. The van der Waals surface area contributed by atoms with Crippen molar-refractivity contribution < 1.29 is 4.79 Å². The van der Waals surface area contributed by atoms with Gasteiger partial charge in [-0.1, -0.05) is 0 Å². The second-order valence-electron chi connectivity index (χ2n) is 5.97. The van der Waals surface area contributed by atoms with Crippen molar-refractivity contribution in [1.82, 2.24) is 15.0 Å². The maximum Gasteiger partial charge on any atom is 0.255 e. The number of amides is 1. The zero-order valence-electron chi connectivity index (χ0n) is 14.1. The summed E-state index contributed by atoms with van der Waals surface area (Å²) in [5, 5.41) is 3.95. The van der Waals surface area contributed by atoms with Gasteiger partial charge in [-0.3, -0.25) is 4.79 Å². The number of anilines is 1. The molecule has 124 valence electrons. The molecular formula is C19H16N4OS. The van der Waals surface area contributed by atoms with Crippen molar-refractivity contribution in [2.24, 2.45) is 0 Å². The van der Waals surface area contributed by atoms with Gasteiger partial charge in [-0.15, -0.1) is 11.3 Å². The maximum atomic E-state index is 12.6. The van der Waals surface area contributed by atoms with Crippen molar-refractivity contribution in [3.05, 3.63) is 58.4 Å². The number of carbonyl (C=O) groups excluding carboxylic acids is 1. The third-order valence-corrected chi connectivity index (χ3v) is 5.02. The summed E-state index contributed by atoms with van der Waals surface area (Å²) in [6.07, 6.45) is 0. The fraction of sp³-hybridized carbons (Fsp3) is 0.158. The number of rotatable bonds is 2. The Kier molecular flexibility index (Phi) is 3.69. The number of hydrogen-bond donors (Lipinski definition) is 1. The molecule has 0 spiro atoms. The predicted octanol–water partition coefficient (Wildman–Crippen LogP) is 4.42. The maximum absolute atomic E-state index is 12.6. The number of nitrogens with one attached hydrogen (secondary N) is 1. The van der Waals surface area contributed by atoms with Crippen LogP contribution < -0.4 is 5.32 Å². The molecule has 2 heterocycles. The van der Waals surface area contributed by atoms with Gasteiger partial charge >= 0.3 is 0 Å². The summed E-state index contributed by atoms with van der Waals surface area (Å²) in [7, 11) is 0. The van der Waals surface area contributed by atoms with E-state index in [1.807, 2.05) is 45.0 Å². The Balaban J connectivity index is 1.65. The molecule has 0 atom stereocenters. The minimum Gasteiger partial charge on any atom is -0.322 e. The van der Waals surface area contributed by atoms with E-state index >= 15 is 0 Å². The number of nitrogens with zero attached hydrogens (tertiary/aromatic N) is 3. The third kappa shape index (κ3) is 2.96. The number of benzene rings is 2. The first kappa shape index (κ1) is 15.7. The molecule has 0 bridgehead atoms. The van der Waals surface area contributed by atoms with E-state index in [2.05, 4.69) is 20.3 Å². The van der Waals surface area contributed by atoms with E-state index < -0.39 is 0 Å².